The van der Waals surface area contributed by atoms with Crippen LogP contribution in [-0.4, -0.2) is 30.2 Å². The second-order valence-electron chi connectivity index (χ2n) is 4.98. The molecule has 0 saturated heterocycles. The van der Waals surface area contributed by atoms with E-state index in [0.717, 1.165) is 36.8 Å². The van der Waals surface area contributed by atoms with Gasteiger partial charge in [-0.2, -0.15) is 4.98 Å². The number of ether oxygens (including phenoxy) is 1. The minimum absolute atomic E-state index is 0.605. The zero-order valence-electron chi connectivity index (χ0n) is 12.8. The number of rotatable bonds is 7. The molecule has 0 amide bonds. The molecular weight excluding hydrogens is 264 g/mol. The van der Waals surface area contributed by atoms with Gasteiger partial charge in [0, 0.05) is 37.7 Å². The highest BCUT2D eigenvalue weighted by Gasteiger charge is 2.02. The fourth-order valence-corrected chi connectivity index (χ4v) is 1.91. The first kappa shape index (κ1) is 15.3. The van der Waals surface area contributed by atoms with Crippen LogP contribution in [-0.2, 0) is 4.74 Å². The van der Waals surface area contributed by atoms with Gasteiger partial charge in [0.1, 0.15) is 5.82 Å². The Kier molecular flexibility index (Phi) is 5.51. The molecule has 5 heteroatoms. The summed E-state index contributed by atoms with van der Waals surface area (Å²) in [7, 11) is 1.71. The van der Waals surface area contributed by atoms with E-state index in [-0.39, 0.29) is 0 Å². The van der Waals surface area contributed by atoms with E-state index in [0.29, 0.717) is 5.95 Å². The van der Waals surface area contributed by atoms with Crippen LogP contribution in [0.15, 0.2) is 30.3 Å². The SMILES string of the molecule is COCCCNc1cc(C)nc(Nc2ccc(C)cc2)n1. The van der Waals surface area contributed by atoms with Gasteiger partial charge in [0.05, 0.1) is 0 Å². The molecule has 1 aromatic carbocycles. The summed E-state index contributed by atoms with van der Waals surface area (Å²) in [6.07, 6.45) is 0.945. The fraction of sp³-hybridized carbons (Fsp3) is 0.375. The number of hydrogen-bond donors (Lipinski definition) is 2. The van der Waals surface area contributed by atoms with Crippen molar-refractivity contribution >= 4 is 17.5 Å². The van der Waals surface area contributed by atoms with Crippen LogP contribution in [0.2, 0.25) is 0 Å². The van der Waals surface area contributed by atoms with Crippen LogP contribution in [0.3, 0.4) is 0 Å². The molecule has 0 fully saturated rings. The molecule has 0 spiro atoms. The maximum Gasteiger partial charge on any atom is 0.229 e. The monoisotopic (exact) mass is 286 g/mol. The molecule has 112 valence electrons. The Morgan fingerprint density at radius 2 is 1.86 bits per heavy atom. The topological polar surface area (TPSA) is 59.1 Å². The Morgan fingerprint density at radius 1 is 1.10 bits per heavy atom. The third-order valence-electron chi connectivity index (χ3n) is 2.99. The van der Waals surface area contributed by atoms with Gasteiger partial charge in [-0.15, -0.1) is 0 Å². The quantitative estimate of drug-likeness (QED) is 0.765. The zero-order valence-corrected chi connectivity index (χ0v) is 12.8. The third-order valence-corrected chi connectivity index (χ3v) is 2.99. The molecule has 0 saturated carbocycles. The van der Waals surface area contributed by atoms with E-state index in [1.165, 1.54) is 5.56 Å². The highest BCUT2D eigenvalue weighted by molar-refractivity contribution is 5.55. The average Bonchev–Trinajstić information content (AvgIpc) is 2.46. The summed E-state index contributed by atoms with van der Waals surface area (Å²) in [5.41, 5.74) is 3.14. The molecule has 0 aliphatic rings. The van der Waals surface area contributed by atoms with Gasteiger partial charge < -0.3 is 15.4 Å². The predicted molar refractivity (Wildman–Crippen MR) is 86.2 cm³/mol. The Balaban J connectivity index is 2.02. The molecule has 2 N–H and O–H groups in total. The minimum atomic E-state index is 0.605. The van der Waals surface area contributed by atoms with Gasteiger partial charge >= 0.3 is 0 Å². The smallest absolute Gasteiger partial charge is 0.229 e. The summed E-state index contributed by atoms with van der Waals surface area (Å²) in [6.45, 7) is 5.59. The summed E-state index contributed by atoms with van der Waals surface area (Å²) in [5.74, 6) is 1.43. The van der Waals surface area contributed by atoms with Gasteiger partial charge in [-0.3, -0.25) is 0 Å². The van der Waals surface area contributed by atoms with Crippen molar-refractivity contribution in [1.82, 2.24) is 9.97 Å². The Hall–Kier alpha value is -2.14. The molecule has 2 rings (SSSR count). The maximum atomic E-state index is 5.03. The Bertz CT molecular complexity index is 569. The van der Waals surface area contributed by atoms with Crippen LogP contribution < -0.4 is 10.6 Å². The first-order valence-electron chi connectivity index (χ1n) is 7.09. The molecule has 2 aromatic rings. The van der Waals surface area contributed by atoms with Crippen LogP contribution in [0.5, 0.6) is 0 Å². The number of aryl methyl sites for hydroxylation is 2. The van der Waals surface area contributed by atoms with Crippen LogP contribution in [0.1, 0.15) is 17.7 Å². The van der Waals surface area contributed by atoms with Crippen molar-refractivity contribution in [2.45, 2.75) is 20.3 Å². The first-order chi connectivity index (χ1) is 10.2. The number of nitrogens with zero attached hydrogens (tertiary/aromatic N) is 2. The second kappa shape index (κ2) is 7.59. The van der Waals surface area contributed by atoms with Gasteiger partial charge in [-0.25, -0.2) is 4.98 Å². The van der Waals surface area contributed by atoms with E-state index in [9.17, 15) is 0 Å². The zero-order chi connectivity index (χ0) is 15.1. The normalized spacial score (nSPS) is 10.4. The molecule has 0 atom stereocenters. The van der Waals surface area contributed by atoms with E-state index >= 15 is 0 Å². The molecule has 0 unspecified atom stereocenters. The van der Waals surface area contributed by atoms with E-state index < -0.39 is 0 Å². The lowest BCUT2D eigenvalue weighted by Crippen LogP contribution is -2.08. The average molecular weight is 286 g/mol. The number of hydrogen-bond acceptors (Lipinski definition) is 5. The lowest BCUT2D eigenvalue weighted by atomic mass is 10.2. The minimum Gasteiger partial charge on any atom is -0.385 e. The molecule has 5 nitrogen and oxygen atoms in total. The van der Waals surface area contributed by atoms with Crippen LogP contribution in [0.4, 0.5) is 17.5 Å². The van der Waals surface area contributed by atoms with E-state index in [4.69, 9.17) is 4.74 Å². The van der Waals surface area contributed by atoms with Gasteiger partial charge in [0.2, 0.25) is 5.95 Å². The summed E-state index contributed by atoms with van der Waals surface area (Å²) < 4.78 is 5.03. The van der Waals surface area contributed by atoms with Crippen molar-refractivity contribution in [2.24, 2.45) is 0 Å². The van der Waals surface area contributed by atoms with E-state index in [1.54, 1.807) is 7.11 Å². The largest absolute Gasteiger partial charge is 0.385 e. The second-order valence-corrected chi connectivity index (χ2v) is 4.98. The van der Waals surface area contributed by atoms with Gasteiger partial charge in [-0.05, 0) is 32.4 Å². The highest BCUT2D eigenvalue weighted by Crippen LogP contribution is 2.16. The van der Waals surface area contributed by atoms with Crippen LogP contribution in [0.25, 0.3) is 0 Å². The summed E-state index contributed by atoms with van der Waals surface area (Å²) in [4.78, 5) is 8.88. The standard InChI is InChI=1S/C16H22N4O/c1-12-5-7-14(8-6-12)19-16-18-13(2)11-15(20-16)17-9-4-10-21-3/h5-8,11H,4,9-10H2,1-3H3,(H2,17,18,19,20). The highest BCUT2D eigenvalue weighted by atomic mass is 16.5. The van der Waals surface area contributed by atoms with Crippen molar-refractivity contribution in [3.63, 3.8) is 0 Å². The molecule has 1 heterocycles. The molecule has 0 aliphatic carbocycles. The van der Waals surface area contributed by atoms with Crippen molar-refractivity contribution in [3.05, 3.63) is 41.6 Å². The van der Waals surface area contributed by atoms with Crippen LogP contribution in [0, 0.1) is 13.8 Å². The van der Waals surface area contributed by atoms with Crippen molar-refractivity contribution in [2.75, 3.05) is 30.9 Å². The molecule has 0 radical (unpaired) electrons. The number of methoxy groups -OCH3 is 1. The van der Waals surface area contributed by atoms with Crippen LogP contribution >= 0.6 is 0 Å². The molecule has 0 aliphatic heterocycles. The number of anilines is 3. The van der Waals surface area contributed by atoms with Crippen molar-refractivity contribution in [1.29, 1.82) is 0 Å². The third kappa shape index (κ3) is 5.04. The summed E-state index contributed by atoms with van der Waals surface area (Å²) in [5, 5.41) is 6.51. The van der Waals surface area contributed by atoms with E-state index in [2.05, 4.69) is 39.7 Å². The number of benzene rings is 1. The summed E-state index contributed by atoms with van der Waals surface area (Å²) >= 11 is 0. The number of aromatic nitrogens is 2. The van der Waals surface area contributed by atoms with Crippen molar-refractivity contribution in [3.8, 4) is 0 Å². The lowest BCUT2D eigenvalue weighted by Gasteiger charge is -2.10. The maximum absolute atomic E-state index is 5.03. The Morgan fingerprint density at radius 3 is 2.57 bits per heavy atom. The Labute approximate surface area is 125 Å². The molecule has 0 bridgehead atoms. The van der Waals surface area contributed by atoms with E-state index in [1.807, 2.05) is 25.1 Å². The molecule has 1 aromatic heterocycles. The van der Waals surface area contributed by atoms with Gasteiger partial charge in [-0.1, -0.05) is 17.7 Å². The van der Waals surface area contributed by atoms with Crippen molar-refractivity contribution < 1.29 is 4.74 Å². The number of nitrogens with one attached hydrogen (secondary N) is 2. The first-order valence-corrected chi connectivity index (χ1v) is 7.09. The summed E-state index contributed by atoms with van der Waals surface area (Å²) in [6, 6.07) is 10.1. The fourth-order valence-electron chi connectivity index (χ4n) is 1.91. The molecular formula is C16H22N4O. The van der Waals surface area contributed by atoms with Gasteiger partial charge in [0.25, 0.3) is 0 Å². The molecule has 21 heavy (non-hydrogen) atoms. The predicted octanol–water partition coefficient (Wildman–Crippen LogP) is 3.29. The lowest BCUT2D eigenvalue weighted by molar-refractivity contribution is 0.198. The van der Waals surface area contributed by atoms with Gasteiger partial charge in [0.15, 0.2) is 0 Å².